The van der Waals surface area contributed by atoms with Gasteiger partial charge < -0.3 is 0 Å². The topological polar surface area (TPSA) is 42.9 Å². The predicted octanol–water partition coefficient (Wildman–Crippen LogP) is 6.22. The van der Waals surface area contributed by atoms with Gasteiger partial charge in [-0.3, -0.25) is 4.79 Å². The number of carbonyl (C=O) groups is 1. The molecule has 0 fully saturated rings. The number of carbonyl (C=O) groups excluding carboxylic acids is 1. The number of hydrogen-bond acceptors (Lipinski definition) is 6. The van der Waals surface area contributed by atoms with Crippen LogP contribution in [0.1, 0.15) is 15.9 Å². The number of Topliss-reactive ketones (excluding diaryl/α,β-unsaturated/α-hetero) is 1. The molecule has 25 heavy (non-hydrogen) atoms. The van der Waals surface area contributed by atoms with Crippen LogP contribution in [0, 0.1) is 0 Å². The third-order valence-corrected chi connectivity index (χ3v) is 7.14. The lowest BCUT2D eigenvalue weighted by Crippen LogP contribution is -2.01. The molecule has 3 nitrogen and oxygen atoms in total. The van der Waals surface area contributed by atoms with Gasteiger partial charge in [0.15, 0.2) is 14.5 Å². The molecule has 0 spiro atoms. The summed E-state index contributed by atoms with van der Waals surface area (Å²) >= 11 is 13.8. The summed E-state index contributed by atoms with van der Waals surface area (Å²) in [5, 5.41) is 9.07. The molecule has 0 saturated carbocycles. The summed E-state index contributed by atoms with van der Waals surface area (Å²) in [4.78, 5) is 12.2. The van der Waals surface area contributed by atoms with Crippen LogP contribution in [0.4, 0.5) is 0 Å². The molecule has 0 radical (unpaired) electrons. The maximum Gasteiger partial charge on any atom is 0.175 e. The molecule has 0 aliphatic rings. The molecule has 1 aromatic heterocycles. The highest BCUT2D eigenvalue weighted by Gasteiger charge is 2.11. The average Bonchev–Trinajstić information content (AvgIpc) is 3.07. The first kappa shape index (κ1) is 18.9. The van der Waals surface area contributed by atoms with Crippen molar-refractivity contribution in [2.45, 2.75) is 14.4 Å². The van der Waals surface area contributed by atoms with Crippen molar-refractivity contribution in [3.05, 3.63) is 69.2 Å². The van der Waals surface area contributed by atoms with Crippen LogP contribution in [-0.4, -0.2) is 21.7 Å². The van der Waals surface area contributed by atoms with Crippen molar-refractivity contribution >= 4 is 68.2 Å². The second-order valence-corrected chi connectivity index (χ2v) is 9.75. The van der Waals surface area contributed by atoms with Gasteiger partial charge >= 0.3 is 0 Å². The number of thioether (sulfide) groups is 2. The standard InChI is InChI=1S/C17H12BrClN2OS3/c18-13-3-1-2-12(8-13)15(22)10-24-17-21-20-16(25-17)23-9-11-4-6-14(19)7-5-11/h1-8H,9-10H2. The second kappa shape index (κ2) is 9.19. The minimum absolute atomic E-state index is 0.0804. The Kier molecular flexibility index (Phi) is 6.95. The maximum atomic E-state index is 12.2. The fourth-order valence-corrected chi connectivity index (χ4v) is 5.31. The van der Waals surface area contributed by atoms with Gasteiger partial charge in [0.2, 0.25) is 0 Å². The van der Waals surface area contributed by atoms with E-state index < -0.39 is 0 Å². The molecule has 0 aliphatic heterocycles. The van der Waals surface area contributed by atoms with Crippen LogP contribution in [0.3, 0.4) is 0 Å². The smallest absolute Gasteiger partial charge is 0.175 e. The molecule has 128 valence electrons. The van der Waals surface area contributed by atoms with E-state index in [1.807, 2.05) is 48.5 Å². The van der Waals surface area contributed by atoms with Crippen LogP contribution in [-0.2, 0) is 5.75 Å². The van der Waals surface area contributed by atoms with Gasteiger partial charge in [-0.25, -0.2) is 0 Å². The van der Waals surface area contributed by atoms with Crippen molar-refractivity contribution in [1.29, 1.82) is 0 Å². The van der Waals surface area contributed by atoms with E-state index in [2.05, 4.69) is 26.1 Å². The first-order valence-corrected chi connectivity index (χ1v) is 11.2. The van der Waals surface area contributed by atoms with E-state index in [1.165, 1.54) is 28.7 Å². The minimum atomic E-state index is 0.0804. The van der Waals surface area contributed by atoms with E-state index in [0.29, 0.717) is 11.3 Å². The fraction of sp³-hybridized carbons (Fsp3) is 0.118. The van der Waals surface area contributed by atoms with Crippen molar-refractivity contribution in [3.63, 3.8) is 0 Å². The molecule has 0 aliphatic carbocycles. The van der Waals surface area contributed by atoms with Crippen LogP contribution >= 0.6 is 62.4 Å². The SMILES string of the molecule is O=C(CSc1nnc(SCc2ccc(Cl)cc2)s1)c1cccc(Br)c1. The lowest BCUT2D eigenvalue weighted by Gasteiger charge is -1.99. The Bertz CT molecular complexity index is 870. The first-order valence-electron chi connectivity index (χ1n) is 7.22. The number of aromatic nitrogens is 2. The number of halogens is 2. The van der Waals surface area contributed by atoms with Gasteiger partial charge in [-0.1, -0.05) is 86.7 Å². The van der Waals surface area contributed by atoms with Crippen LogP contribution < -0.4 is 0 Å². The van der Waals surface area contributed by atoms with Crippen molar-refractivity contribution in [2.24, 2.45) is 0 Å². The number of nitrogens with zero attached hydrogens (tertiary/aromatic N) is 2. The summed E-state index contributed by atoms with van der Waals surface area (Å²) in [6, 6.07) is 15.2. The Labute approximate surface area is 171 Å². The number of hydrogen-bond donors (Lipinski definition) is 0. The number of ketones is 1. The highest BCUT2D eigenvalue weighted by atomic mass is 79.9. The third-order valence-electron chi connectivity index (χ3n) is 3.14. The van der Waals surface area contributed by atoms with Gasteiger partial charge in [0.25, 0.3) is 0 Å². The molecule has 3 rings (SSSR count). The van der Waals surface area contributed by atoms with Crippen LogP contribution in [0.5, 0.6) is 0 Å². The molecule has 8 heteroatoms. The number of benzene rings is 2. The van der Waals surface area contributed by atoms with E-state index in [0.717, 1.165) is 23.9 Å². The van der Waals surface area contributed by atoms with Crippen LogP contribution in [0.2, 0.25) is 5.02 Å². The normalized spacial score (nSPS) is 10.8. The van der Waals surface area contributed by atoms with Crippen LogP contribution in [0.15, 0.2) is 61.7 Å². The Hall–Kier alpha value is -0.860. The van der Waals surface area contributed by atoms with Crippen LogP contribution in [0.25, 0.3) is 0 Å². The molecule has 1 heterocycles. The molecule has 0 N–H and O–H groups in total. The summed E-state index contributed by atoms with van der Waals surface area (Å²) in [5.41, 5.74) is 1.88. The average molecular weight is 472 g/mol. The van der Waals surface area contributed by atoms with E-state index in [4.69, 9.17) is 11.6 Å². The first-order chi connectivity index (χ1) is 12.1. The van der Waals surface area contributed by atoms with Gasteiger partial charge in [-0.15, -0.1) is 10.2 Å². The van der Waals surface area contributed by atoms with Gasteiger partial charge in [-0.05, 0) is 29.8 Å². The zero-order valence-corrected chi connectivity index (χ0v) is 17.6. The lowest BCUT2D eigenvalue weighted by molar-refractivity contribution is 0.102. The summed E-state index contributed by atoms with van der Waals surface area (Å²) < 4.78 is 2.61. The summed E-state index contributed by atoms with van der Waals surface area (Å²) in [6.07, 6.45) is 0. The highest BCUT2D eigenvalue weighted by molar-refractivity contribution is 9.10. The Morgan fingerprint density at radius 3 is 2.52 bits per heavy atom. The van der Waals surface area contributed by atoms with E-state index in [1.54, 1.807) is 11.8 Å². The minimum Gasteiger partial charge on any atom is -0.293 e. The van der Waals surface area contributed by atoms with Crippen molar-refractivity contribution < 1.29 is 4.79 Å². The fourth-order valence-electron chi connectivity index (χ4n) is 1.91. The van der Waals surface area contributed by atoms with Gasteiger partial charge in [0.1, 0.15) is 0 Å². The maximum absolute atomic E-state index is 12.2. The van der Waals surface area contributed by atoms with Gasteiger partial charge in [0.05, 0.1) is 5.75 Å². The molecule has 0 saturated heterocycles. The van der Waals surface area contributed by atoms with Crippen molar-refractivity contribution in [3.8, 4) is 0 Å². The largest absolute Gasteiger partial charge is 0.293 e. The van der Waals surface area contributed by atoms with Gasteiger partial charge in [0, 0.05) is 20.8 Å². The molecule has 0 amide bonds. The molecule has 0 unspecified atom stereocenters. The molecular weight excluding hydrogens is 460 g/mol. The molecular formula is C17H12BrClN2OS3. The Morgan fingerprint density at radius 1 is 1.08 bits per heavy atom. The zero-order valence-electron chi connectivity index (χ0n) is 12.8. The molecule has 2 aromatic carbocycles. The molecule has 0 atom stereocenters. The van der Waals surface area contributed by atoms with E-state index >= 15 is 0 Å². The quantitative estimate of drug-likeness (QED) is 0.302. The Balaban J connectivity index is 1.51. The summed E-state index contributed by atoms with van der Waals surface area (Å²) in [5.74, 6) is 1.25. The third kappa shape index (κ3) is 5.82. The van der Waals surface area contributed by atoms with Crippen molar-refractivity contribution in [2.75, 3.05) is 5.75 Å². The Morgan fingerprint density at radius 2 is 1.80 bits per heavy atom. The molecule has 0 bridgehead atoms. The lowest BCUT2D eigenvalue weighted by atomic mass is 10.2. The summed E-state index contributed by atoms with van der Waals surface area (Å²) in [7, 11) is 0. The van der Waals surface area contributed by atoms with E-state index in [9.17, 15) is 4.79 Å². The predicted molar refractivity (Wildman–Crippen MR) is 110 cm³/mol. The highest BCUT2D eigenvalue weighted by Crippen LogP contribution is 2.31. The zero-order chi connectivity index (χ0) is 17.6. The van der Waals surface area contributed by atoms with Gasteiger partial charge in [-0.2, -0.15) is 0 Å². The molecule has 3 aromatic rings. The second-order valence-electron chi connectivity index (χ2n) is 4.97. The van der Waals surface area contributed by atoms with Crippen molar-refractivity contribution in [1.82, 2.24) is 10.2 Å². The summed E-state index contributed by atoms with van der Waals surface area (Å²) in [6.45, 7) is 0. The monoisotopic (exact) mass is 470 g/mol. The van der Waals surface area contributed by atoms with E-state index in [-0.39, 0.29) is 5.78 Å². The number of rotatable bonds is 7.